The van der Waals surface area contributed by atoms with E-state index in [1.54, 1.807) is 18.7 Å². The Bertz CT molecular complexity index is 1210. The fourth-order valence-electron chi connectivity index (χ4n) is 4.19. The first-order valence-corrected chi connectivity index (χ1v) is 10.6. The van der Waals surface area contributed by atoms with Gasteiger partial charge in [0.2, 0.25) is 0 Å². The third kappa shape index (κ3) is 3.62. The summed E-state index contributed by atoms with van der Waals surface area (Å²) < 4.78 is 12.5. The summed E-state index contributed by atoms with van der Waals surface area (Å²) >= 11 is 0. The molecule has 0 saturated carbocycles. The zero-order chi connectivity index (χ0) is 22.1. The molecular formula is C24H25N5O3. The Kier molecular flexibility index (Phi) is 5.14. The van der Waals surface area contributed by atoms with E-state index < -0.39 is 5.60 Å². The second-order valence-corrected chi connectivity index (χ2v) is 7.97. The number of rotatable bonds is 5. The number of piperidine rings is 1. The van der Waals surface area contributed by atoms with Gasteiger partial charge in [-0.3, -0.25) is 0 Å². The van der Waals surface area contributed by atoms with E-state index in [1.807, 2.05) is 60.7 Å². The van der Waals surface area contributed by atoms with E-state index in [9.17, 15) is 5.11 Å². The van der Waals surface area contributed by atoms with Crippen molar-refractivity contribution >= 4 is 11.5 Å². The van der Waals surface area contributed by atoms with Gasteiger partial charge >= 0.3 is 0 Å². The van der Waals surface area contributed by atoms with E-state index in [-0.39, 0.29) is 0 Å². The Morgan fingerprint density at radius 3 is 2.22 bits per heavy atom. The second kappa shape index (κ2) is 8.12. The maximum absolute atomic E-state index is 11.4. The normalized spacial score (nSPS) is 15.7. The lowest BCUT2D eigenvalue weighted by Gasteiger charge is -2.39. The Labute approximate surface area is 186 Å². The zero-order valence-corrected chi connectivity index (χ0v) is 18.1. The van der Waals surface area contributed by atoms with Crippen LogP contribution in [0.15, 0.2) is 60.7 Å². The molecule has 8 nitrogen and oxygen atoms in total. The molecule has 8 heteroatoms. The molecular weight excluding hydrogens is 406 g/mol. The van der Waals surface area contributed by atoms with E-state index in [1.165, 1.54) is 0 Å². The Balaban J connectivity index is 1.39. The van der Waals surface area contributed by atoms with Crippen molar-refractivity contribution in [3.05, 3.63) is 66.2 Å². The number of nitrogens with zero attached hydrogens (tertiary/aromatic N) is 5. The average Bonchev–Trinajstić information content (AvgIpc) is 3.28. The van der Waals surface area contributed by atoms with Crippen molar-refractivity contribution in [1.82, 2.24) is 19.8 Å². The topological polar surface area (TPSA) is 85.0 Å². The van der Waals surface area contributed by atoms with Crippen molar-refractivity contribution < 1.29 is 14.6 Å². The fraction of sp³-hybridized carbons (Fsp3) is 0.292. The summed E-state index contributed by atoms with van der Waals surface area (Å²) in [6.45, 7) is 1.33. The first-order valence-electron chi connectivity index (χ1n) is 10.6. The van der Waals surface area contributed by atoms with Crippen LogP contribution < -0.4 is 14.4 Å². The minimum atomic E-state index is -0.950. The van der Waals surface area contributed by atoms with Crippen LogP contribution in [-0.2, 0) is 5.60 Å². The molecule has 0 amide bonds. The molecule has 1 N–H and O–H groups in total. The molecule has 0 atom stereocenters. The van der Waals surface area contributed by atoms with Gasteiger partial charge in [-0.05, 0) is 42.7 Å². The summed E-state index contributed by atoms with van der Waals surface area (Å²) in [5, 5.41) is 24.8. The van der Waals surface area contributed by atoms with Gasteiger partial charge in [-0.2, -0.15) is 4.52 Å². The summed E-state index contributed by atoms with van der Waals surface area (Å²) in [6.07, 6.45) is 1.13. The lowest BCUT2D eigenvalue weighted by Crippen LogP contribution is -2.43. The van der Waals surface area contributed by atoms with Gasteiger partial charge in [0.1, 0.15) is 17.3 Å². The minimum absolute atomic E-state index is 0.566. The van der Waals surface area contributed by atoms with Gasteiger partial charge in [-0.1, -0.05) is 30.3 Å². The summed E-state index contributed by atoms with van der Waals surface area (Å²) in [4.78, 5) is 2.18. The van der Waals surface area contributed by atoms with E-state index in [0.717, 1.165) is 16.9 Å². The van der Waals surface area contributed by atoms with Gasteiger partial charge in [0.25, 0.3) is 0 Å². The SMILES string of the molecule is COc1cc(OC)cc(C2(O)CCN(c3ccc4nnc(-c5ccccc5)n4n3)CC2)c1. The van der Waals surface area contributed by atoms with Crippen LogP contribution in [-0.4, -0.2) is 52.2 Å². The Morgan fingerprint density at radius 1 is 0.875 bits per heavy atom. The number of benzene rings is 2. The number of aromatic nitrogens is 4. The first kappa shape index (κ1) is 20.3. The van der Waals surface area contributed by atoms with Crippen molar-refractivity contribution in [2.45, 2.75) is 18.4 Å². The molecule has 3 heterocycles. The Morgan fingerprint density at radius 2 is 1.56 bits per heavy atom. The van der Waals surface area contributed by atoms with Gasteiger partial charge in [-0.25, -0.2) is 0 Å². The standard InChI is InChI=1S/C24H25N5O3/c1-31-19-14-18(15-20(16-19)32-2)24(30)10-12-28(13-11-24)22-9-8-21-25-26-23(29(21)27-22)17-6-4-3-5-7-17/h3-9,14-16,30H,10-13H2,1-2H3. The van der Waals surface area contributed by atoms with E-state index in [0.29, 0.717) is 48.9 Å². The van der Waals surface area contributed by atoms with Crippen LogP contribution in [0, 0.1) is 0 Å². The van der Waals surface area contributed by atoms with Crippen molar-refractivity contribution in [3.8, 4) is 22.9 Å². The van der Waals surface area contributed by atoms with Crippen LogP contribution >= 0.6 is 0 Å². The third-order valence-corrected chi connectivity index (χ3v) is 6.08. The van der Waals surface area contributed by atoms with Crippen molar-refractivity contribution in [1.29, 1.82) is 0 Å². The number of anilines is 1. The lowest BCUT2D eigenvalue weighted by atomic mass is 9.84. The van der Waals surface area contributed by atoms with Crippen LogP contribution in [0.5, 0.6) is 11.5 Å². The van der Waals surface area contributed by atoms with Gasteiger partial charge in [0.15, 0.2) is 11.5 Å². The number of fused-ring (bicyclic) bond motifs is 1. The number of methoxy groups -OCH3 is 2. The van der Waals surface area contributed by atoms with Crippen molar-refractivity contribution in [3.63, 3.8) is 0 Å². The number of hydrogen-bond acceptors (Lipinski definition) is 7. The zero-order valence-electron chi connectivity index (χ0n) is 18.1. The number of aliphatic hydroxyl groups is 1. The van der Waals surface area contributed by atoms with Gasteiger partial charge in [-0.15, -0.1) is 15.3 Å². The summed E-state index contributed by atoms with van der Waals surface area (Å²) in [6, 6.07) is 19.4. The minimum Gasteiger partial charge on any atom is -0.497 e. The Hall–Kier alpha value is -3.65. The van der Waals surface area contributed by atoms with Crippen LogP contribution in [0.25, 0.3) is 17.0 Å². The van der Waals surface area contributed by atoms with Crippen LogP contribution in [0.1, 0.15) is 18.4 Å². The smallest absolute Gasteiger partial charge is 0.185 e. The molecule has 1 aliphatic heterocycles. The highest BCUT2D eigenvalue weighted by Crippen LogP contribution is 2.37. The molecule has 0 unspecified atom stereocenters. The van der Waals surface area contributed by atoms with Gasteiger partial charge in [0.05, 0.1) is 19.8 Å². The van der Waals surface area contributed by atoms with E-state index >= 15 is 0 Å². The molecule has 0 radical (unpaired) electrons. The monoisotopic (exact) mass is 431 g/mol. The van der Waals surface area contributed by atoms with Crippen LogP contribution in [0.4, 0.5) is 5.82 Å². The summed E-state index contributed by atoms with van der Waals surface area (Å²) in [5.74, 6) is 2.88. The molecule has 1 aliphatic rings. The van der Waals surface area contributed by atoms with Gasteiger partial charge < -0.3 is 19.5 Å². The summed E-state index contributed by atoms with van der Waals surface area (Å²) in [7, 11) is 3.23. The number of hydrogen-bond donors (Lipinski definition) is 1. The molecule has 0 bridgehead atoms. The molecule has 2 aromatic carbocycles. The molecule has 1 fully saturated rings. The predicted molar refractivity (Wildman–Crippen MR) is 121 cm³/mol. The summed E-state index contributed by atoms with van der Waals surface area (Å²) in [5.41, 5.74) is 1.52. The van der Waals surface area contributed by atoms with Crippen molar-refractivity contribution in [2.75, 3.05) is 32.2 Å². The molecule has 5 rings (SSSR count). The van der Waals surface area contributed by atoms with Crippen LogP contribution in [0.3, 0.4) is 0 Å². The molecule has 4 aromatic rings. The number of ether oxygens (including phenoxy) is 2. The lowest BCUT2D eigenvalue weighted by molar-refractivity contribution is 0.0112. The molecule has 2 aromatic heterocycles. The molecule has 1 saturated heterocycles. The highest BCUT2D eigenvalue weighted by molar-refractivity contribution is 5.59. The van der Waals surface area contributed by atoms with Gasteiger partial charge in [0, 0.05) is 24.7 Å². The van der Waals surface area contributed by atoms with Crippen LogP contribution in [0.2, 0.25) is 0 Å². The fourth-order valence-corrected chi connectivity index (χ4v) is 4.19. The largest absolute Gasteiger partial charge is 0.497 e. The first-order chi connectivity index (χ1) is 15.6. The molecule has 0 spiro atoms. The quantitative estimate of drug-likeness (QED) is 0.519. The van der Waals surface area contributed by atoms with Crippen molar-refractivity contribution in [2.24, 2.45) is 0 Å². The third-order valence-electron chi connectivity index (χ3n) is 6.08. The van der Waals surface area contributed by atoms with E-state index in [2.05, 4.69) is 15.1 Å². The second-order valence-electron chi connectivity index (χ2n) is 7.97. The predicted octanol–water partition coefficient (Wildman–Crippen LogP) is 3.30. The maximum atomic E-state index is 11.4. The average molecular weight is 431 g/mol. The maximum Gasteiger partial charge on any atom is 0.185 e. The highest BCUT2D eigenvalue weighted by atomic mass is 16.5. The molecule has 32 heavy (non-hydrogen) atoms. The molecule has 164 valence electrons. The molecule has 0 aliphatic carbocycles. The van der Waals surface area contributed by atoms with E-state index in [4.69, 9.17) is 14.6 Å². The highest BCUT2D eigenvalue weighted by Gasteiger charge is 2.35.